The molecule has 0 saturated heterocycles. The molecule has 0 amide bonds. The Kier molecular flexibility index (Phi) is 4.66. The maximum atomic E-state index is 13.3. The van der Waals surface area contributed by atoms with E-state index in [1.807, 2.05) is 6.92 Å². The lowest BCUT2D eigenvalue weighted by Crippen LogP contribution is -2.11. The highest BCUT2D eigenvalue weighted by Gasteiger charge is 2.17. The standard InChI is InChI=1S/C17H24FN3/c1-5-6-15-20-16(17(19)21(15)10-11(2)3)14-8-7-13(18)9-12(14)4/h7-9,11H,5-6,10,19H2,1-4H3. The van der Waals surface area contributed by atoms with Gasteiger partial charge in [-0.2, -0.15) is 0 Å². The molecule has 2 aromatic rings. The second-order valence-electron chi connectivity index (χ2n) is 5.98. The summed E-state index contributed by atoms with van der Waals surface area (Å²) in [7, 11) is 0. The molecule has 0 fully saturated rings. The van der Waals surface area contributed by atoms with E-state index in [1.54, 1.807) is 6.07 Å². The molecule has 1 heterocycles. The van der Waals surface area contributed by atoms with Gasteiger partial charge in [0, 0.05) is 18.5 Å². The number of rotatable bonds is 5. The van der Waals surface area contributed by atoms with Crippen molar-refractivity contribution in [1.29, 1.82) is 0 Å². The number of hydrogen-bond donors (Lipinski definition) is 1. The minimum absolute atomic E-state index is 0.231. The van der Waals surface area contributed by atoms with Gasteiger partial charge in [0.1, 0.15) is 23.2 Å². The number of benzene rings is 1. The zero-order valence-electron chi connectivity index (χ0n) is 13.3. The van der Waals surface area contributed by atoms with Crippen molar-refractivity contribution in [2.24, 2.45) is 5.92 Å². The first kappa shape index (κ1) is 15.5. The van der Waals surface area contributed by atoms with E-state index in [-0.39, 0.29) is 5.82 Å². The van der Waals surface area contributed by atoms with Crippen molar-refractivity contribution in [1.82, 2.24) is 9.55 Å². The van der Waals surface area contributed by atoms with E-state index in [0.717, 1.165) is 42.0 Å². The van der Waals surface area contributed by atoms with Gasteiger partial charge in [-0.05, 0) is 43.0 Å². The largest absolute Gasteiger partial charge is 0.383 e. The van der Waals surface area contributed by atoms with E-state index in [0.29, 0.717) is 11.7 Å². The number of anilines is 1. The minimum atomic E-state index is -0.231. The first-order valence-electron chi connectivity index (χ1n) is 7.55. The molecular formula is C17H24FN3. The van der Waals surface area contributed by atoms with Crippen LogP contribution in [0.25, 0.3) is 11.3 Å². The molecule has 0 aliphatic rings. The third-order valence-electron chi connectivity index (χ3n) is 3.55. The fourth-order valence-electron chi connectivity index (χ4n) is 2.59. The SMILES string of the molecule is CCCc1nc(-c2ccc(F)cc2C)c(N)n1CC(C)C. The van der Waals surface area contributed by atoms with Crippen molar-refractivity contribution < 1.29 is 4.39 Å². The Balaban J connectivity index is 2.53. The molecule has 0 atom stereocenters. The Morgan fingerprint density at radius 2 is 2.05 bits per heavy atom. The maximum absolute atomic E-state index is 13.3. The number of hydrogen-bond acceptors (Lipinski definition) is 2. The third kappa shape index (κ3) is 3.26. The summed E-state index contributed by atoms with van der Waals surface area (Å²) in [6, 6.07) is 4.75. The van der Waals surface area contributed by atoms with Crippen molar-refractivity contribution in [2.45, 2.75) is 47.1 Å². The maximum Gasteiger partial charge on any atom is 0.131 e. The molecular weight excluding hydrogens is 265 g/mol. The molecule has 0 unspecified atom stereocenters. The first-order valence-corrected chi connectivity index (χ1v) is 7.55. The lowest BCUT2D eigenvalue weighted by molar-refractivity contribution is 0.510. The van der Waals surface area contributed by atoms with Crippen LogP contribution in [-0.2, 0) is 13.0 Å². The van der Waals surface area contributed by atoms with Gasteiger partial charge in [-0.15, -0.1) is 0 Å². The van der Waals surface area contributed by atoms with E-state index in [4.69, 9.17) is 10.7 Å². The normalized spacial score (nSPS) is 11.3. The average Bonchev–Trinajstić information content (AvgIpc) is 2.68. The van der Waals surface area contributed by atoms with Gasteiger partial charge in [-0.25, -0.2) is 9.37 Å². The van der Waals surface area contributed by atoms with Crippen molar-refractivity contribution >= 4 is 5.82 Å². The van der Waals surface area contributed by atoms with Crippen LogP contribution in [-0.4, -0.2) is 9.55 Å². The van der Waals surface area contributed by atoms with Gasteiger partial charge in [0.25, 0.3) is 0 Å². The Morgan fingerprint density at radius 1 is 1.33 bits per heavy atom. The number of nitrogen functional groups attached to an aromatic ring is 1. The van der Waals surface area contributed by atoms with Gasteiger partial charge in [0.15, 0.2) is 0 Å². The second kappa shape index (κ2) is 6.29. The average molecular weight is 289 g/mol. The van der Waals surface area contributed by atoms with Crippen LogP contribution in [0.5, 0.6) is 0 Å². The zero-order chi connectivity index (χ0) is 15.6. The van der Waals surface area contributed by atoms with Gasteiger partial charge in [-0.3, -0.25) is 0 Å². The first-order chi connectivity index (χ1) is 9.93. The fraction of sp³-hybridized carbons (Fsp3) is 0.471. The van der Waals surface area contributed by atoms with Crippen LogP contribution in [0.15, 0.2) is 18.2 Å². The molecule has 1 aromatic heterocycles. The van der Waals surface area contributed by atoms with E-state index in [1.165, 1.54) is 12.1 Å². The van der Waals surface area contributed by atoms with Crippen molar-refractivity contribution in [2.75, 3.05) is 5.73 Å². The highest BCUT2D eigenvalue weighted by atomic mass is 19.1. The Labute approximate surface area is 126 Å². The summed E-state index contributed by atoms with van der Waals surface area (Å²) < 4.78 is 15.4. The molecule has 2 rings (SSSR count). The van der Waals surface area contributed by atoms with Crippen molar-refractivity contribution in [3.8, 4) is 11.3 Å². The smallest absolute Gasteiger partial charge is 0.131 e. The van der Waals surface area contributed by atoms with Gasteiger partial charge in [0.2, 0.25) is 0 Å². The Hall–Kier alpha value is -1.84. The van der Waals surface area contributed by atoms with Crippen LogP contribution in [0.1, 0.15) is 38.6 Å². The van der Waals surface area contributed by atoms with E-state index in [2.05, 4.69) is 25.3 Å². The van der Waals surface area contributed by atoms with Gasteiger partial charge in [0.05, 0.1) is 0 Å². The molecule has 3 nitrogen and oxygen atoms in total. The fourth-order valence-corrected chi connectivity index (χ4v) is 2.59. The molecule has 1 aromatic carbocycles. The monoisotopic (exact) mass is 289 g/mol. The summed E-state index contributed by atoms with van der Waals surface area (Å²) >= 11 is 0. The highest BCUT2D eigenvalue weighted by molar-refractivity contribution is 5.73. The van der Waals surface area contributed by atoms with Gasteiger partial charge >= 0.3 is 0 Å². The number of halogens is 1. The summed E-state index contributed by atoms with van der Waals surface area (Å²) in [5.41, 5.74) is 8.87. The van der Waals surface area contributed by atoms with Crippen LogP contribution >= 0.6 is 0 Å². The minimum Gasteiger partial charge on any atom is -0.383 e. The lowest BCUT2D eigenvalue weighted by Gasteiger charge is -2.12. The van der Waals surface area contributed by atoms with E-state index < -0.39 is 0 Å². The van der Waals surface area contributed by atoms with Crippen LogP contribution < -0.4 is 5.73 Å². The summed E-state index contributed by atoms with van der Waals surface area (Å²) in [5, 5.41) is 0. The van der Waals surface area contributed by atoms with Crippen molar-refractivity contribution in [3.63, 3.8) is 0 Å². The lowest BCUT2D eigenvalue weighted by atomic mass is 10.1. The topological polar surface area (TPSA) is 43.8 Å². The van der Waals surface area contributed by atoms with Crippen LogP contribution in [0.4, 0.5) is 10.2 Å². The van der Waals surface area contributed by atoms with Crippen molar-refractivity contribution in [3.05, 3.63) is 35.4 Å². The van der Waals surface area contributed by atoms with E-state index in [9.17, 15) is 4.39 Å². The van der Waals surface area contributed by atoms with Crippen LogP contribution in [0.2, 0.25) is 0 Å². The Morgan fingerprint density at radius 3 is 2.62 bits per heavy atom. The molecule has 0 spiro atoms. The molecule has 0 aliphatic heterocycles. The molecule has 0 radical (unpaired) electrons. The summed E-state index contributed by atoms with van der Waals surface area (Å²) in [6.07, 6.45) is 1.92. The number of nitrogens with zero attached hydrogens (tertiary/aromatic N) is 2. The quantitative estimate of drug-likeness (QED) is 0.897. The highest BCUT2D eigenvalue weighted by Crippen LogP contribution is 2.30. The molecule has 2 N–H and O–H groups in total. The number of aromatic nitrogens is 2. The molecule has 21 heavy (non-hydrogen) atoms. The molecule has 0 saturated carbocycles. The molecule has 0 aliphatic carbocycles. The van der Waals surface area contributed by atoms with E-state index >= 15 is 0 Å². The number of nitrogens with two attached hydrogens (primary N) is 1. The van der Waals surface area contributed by atoms with Gasteiger partial charge < -0.3 is 10.3 Å². The second-order valence-corrected chi connectivity index (χ2v) is 5.98. The molecule has 4 heteroatoms. The van der Waals surface area contributed by atoms with Crippen LogP contribution in [0, 0.1) is 18.7 Å². The van der Waals surface area contributed by atoms with Gasteiger partial charge in [-0.1, -0.05) is 20.8 Å². The van der Waals surface area contributed by atoms with Crippen LogP contribution in [0.3, 0.4) is 0 Å². The summed E-state index contributed by atoms with van der Waals surface area (Å²) in [6.45, 7) is 9.20. The number of imidazole rings is 1. The summed E-state index contributed by atoms with van der Waals surface area (Å²) in [4.78, 5) is 4.73. The molecule has 114 valence electrons. The predicted octanol–water partition coefficient (Wildman–Crippen LogP) is 4.19. The Bertz CT molecular complexity index is 629. The number of aryl methyl sites for hydroxylation is 2. The molecule has 0 bridgehead atoms. The predicted molar refractivity (Wildman–Crippen MR) is 85.6 cm³/mol. The zero-order valence-corrected chi connectivity index (χ0v) is 13.3. The third-order valence-corrected chi connectivity index (χ3v) is 3.55. The summed E-state index contributed by atoms with van der Waals surface area (Å²) in [5.74, 6) is 1.97.